The van der Waals surface area contributed by atoms with E-state index >= 15 is 0 Å². The van der Waals surface area contributed by atoms with Crippen LogP contribution in [-0.2, 0) is 4.74 Å². The van der Waals surface area contributed by atoms with Gasteiger partial charge in [0.15, 0.2) is 0 Å². The summed E-state index contributed by atoms with van der Waals surface area (Å²) in [6.07, 6.45) is 10.7. The van der Waals surface area contributed by atoms with Crippen LogP contribution in [0.15, 0.2) is 59.7 Å². The smallest absolute Gasteiger partial charge is 0.412 e. The van der Waals surface area contributed by atoms with E-state index in [1.54, 1.807) is 19.1 Å². The van der Waals surface area contributed by atoms with Gasteiger partial charge in [-0.2, -0.15) is 0 Å². The van der Waals surface area contributed by atoms with Crippen molar-refractivity contribution in [3.63, 3.8) is 0 Å². The average Bonchev–Trinajstić information content (AvgIpc) is 2.68. The van der Waals surface area contributed by atoms with Crippen LogP contribution in [0.1, 0.15) is 66.7 Å². The van der Waals surface area contributed by atoms with E-state index in [4.69, 9.17) is 4.74 Å². The molecule has 2 rings (SSSR count). The Labute approximate surface area is 192 Å². The lowest BCUT2D eigenvalue weighted by Crippen LogP contribution is -2.31. The van der Waals surface area contributed by atoms with Gasteiger partial charge in [-0.15, -0.1) is 0 Å². The van der Waals surface area contributed by atoms with Crippen molar-refractivity contribution < 1.29 is 19.0 Å². The largest absolute Gasteiger partial charge is 0.442 e. The van der Waals surface area contributed by atoms with Crippen LogP contribution in [0.2, 0.25) is 0 Å². The first-order valence-electron chi connectivity index (χ1n) is 11.5. The maximum absolute atomic E-state index is 13.9. The van der Waals surface area contributed by atoms with Gasteiger partial charge >= 0.3 is 6.09 Å². The van der Waals surface area contributed by atoms with Gasteiger partial charge in [-0.3, -0.25) is 5.32 Å². The number of halogens is 1. The van der Waals surface area contributed by atoms with Crippen molar-refractivity contribution in [3.05, 3.63) is 65.5 Å². The van der Waals surface area contributed by atoms with Gasteiger partial charge in [-0.25, -0.2) is 9.18 Å². The van der Waals surface area contributed by atoms with Crippen molar-refractivity contribution in [1.82, 2.24) is 0 Å². The summed E-state index contributed by atoms with van der Waals surface area (Å²) in [6.45, 7) is 10.3. The number of hydrogen-bond donors (Lipinski definition) is 2. The summed E-state index contributed by atoms with van der Waals surface area (Å²) in [5.74, 6) is 0.288. The molecule has 4 nitrogen and oxygen atoms in total. The maximum atomic E-state index is 13.9. The summed E-state index contributed by atoms with van der Waals surface area (Å²) in [5.41, 5.74) is 1.36. The lowest BCUT2D eigenvalue weighted by atomic mass is 9.86. The SMILES string of the molecule is C/C1=C\[C@H](OC(=O)Nc2ccccc2F)C[C@](C)(O)/C=C/[C@H](C(C)C)CC/C(C)=C/CC1. The lowest BCUT2D eigenvalue weighted by molar-refractivity contribution is 0.0471. The number of amides is 1. The predicted octanol–water partition coefficient (Wildman–Crippen LogP) is 7.18. The van der Waals surface area contributed by atoms with Crippen LogP contribution in [0.3, 0.4) is 0 Å². The molecule has 32 heavy (non-hydrogen) atoms. The van der Waals surface area contributed by atoms with Crippen LogP contribution in [0.4, 0.5) is 14.9 Å². The highest BCUT2D eigenvalue weighted by Crippen LogP contribution is 2.26. The lowest BCUT2D eigenvalue weighted by Gasteiger charge is -2.26. The van der Waals surface area contributed by atoms with Crippen molar-refractivity contribution in [2.24, 2.45) is 11.8 Å². The number of allylic oxidation sites excluding steroid dienone is 4. The van der Waals surface area contributed by atoms with Gasteiger partial charge < -0.3 is 9.84 Å². The number of hydrogen-bond acceptors (Lipinski definition) is 3. The second-order valence-corrected chi connectivity index (χ2v) is 9.52. The Morgan fingerprint density at radius 1 is 1.22 bits per heavy atom. The summed E-state index contributed by atoms with van der Waals surface area (Å²) >= 11 is 0. The standard InChI is InChI=1S/C27H38FNO3/c1-19(2)22-14-13-20(3)9-8-10-21(4)17-23(18-27(5,31)16-15-22)32-26(30)29-25-12-7-6-11-24(25)28/h6-7,9,11-12,15-17,19,22-23,31H,8,10,13-14,18H2,1-5H3,(H,29,30)/b16-15+,20-9+,21-17+/t22-,23+,27-/m1/s1. The minimum Gasteiger partial charge on any atom is -0.442 e. The van der Waals surface area contributed by atoms with E-state index < -0.39 is 23.6 Å². The quantitative estimate of drug-likeness (QED) is 0.487. The molecule has 5 heteroatoms. The van der Waals surface area contributed by atoms with Gasteiger partial charge in [0.05, 0.1) is 11.3 Å². The van der Waals surface area contributed by atoms with Crippen LogP contribution in [0.25, 0.3) is 0 Å². The van der Waals surface area contributed by atoms with Crippen molar-refractivity contribution in [1.29, 1.82) is 0 Å². The molecule has 0 aromatic heterocycles. The van der Waals surface area contributed by atoms with E-state index in [0.29, 0.717) is 11.8 Å². The number of anilines is 1. The molecule has 0 saturated carbocycles. The van der Waals surface area contributed by atoms with Crippen molar-refractivity contribution in [2.75, 3.05) is 5.32 Å². The molecule has 1 amide bonds. The Morgan fingerprint density at radius 2 is 1.94 bits per heavy atom. The minimum absolute atomic E-state index is 0.0612. The number of nitrogens with one attached hydrogen (secondary N) is 1. The highest BCUT2D eigenvalue weighted by molar-refractivity contribution is 5.84. The van der Waals surface area contributed by atoms with Gasteiger partial charge in [-0.1, -0.05) is 55.4 Å². The van der Waals surface area contributed by atoms with Crippen LogP contribution in [0.5, 0.6) is 0 Å². The zero-order valence-corrected chi connectivity index (χ0v) is 20.0. The third kappa shape index (κ3) is 8.99. The van der Waals surface area contributed by atoms with E-state index in [9.17, 15) is 14.3 Å². The van der Waals surface area contributed by atoms with Gasteiger partial charge in [0.1, 0.15) is 11.9 Å². The molecule has 0 radical (unpaired) electrons. The predicted molar refractivity (Wildman–Crippen MR) is 129 cm³/mol. The third-order valence-electron chi connectivity index (χ3n) is 5.92. The Balaban J connectivity index is 2.23. The molecule has 0 bridgehead atoms. The first-order valence-corrected chi connectivity index (χ1v) is 11.5. The Morgan fingerprint density at radius 3 is 2.62 bits per heavy atom. The van der Waals surface area contributed by atoms with Gasteiger partial charge in [0.2, 0.25) is 0 Å². The van der Waals surface area contributed by atoms with Gasteiger partial charge in [0, 0.05) is 6.42 Å². The molecule has 1 aromatic rings. The second kappa shape index (κ2) is 12.0. The highest BCUT2D eigenvalue weighted by atomic mass is 19.1. The number of ether oxygens (including phenoxy) is 1. The fraction of sp³-hybridized carbons (Fsp3) is 0.519. The van der Waals surface area contributed by atoms with E-state index in [2.05, 4.69) is 38.2 Å². The molecule has 0 unspecified atom stereocenters. The number of carbonyl (C=O) groups is 1. The first-order chi connectivity index (χ1) is 15.1. The van der Waals surface area contributed by atoms with Crippen molar-refractivity contribution in [2.45, 2.75) is 78.4 Å². The van der Waals surface area contributed by atoms with Crippen LogP contribution >= 0.6 is 0 Å². The highest BCUT2D eigenvalue weighted by Gasteiger charge is 2.26. The summed E-state index contributed by atoms with van der Waals surface area (Å²) in [7, 11) is 0. The fourth-order valence-electron chi connectivity index (χ4n) is 3.88. The van der Waals surface area contributed by atoms with Crippen LogP contribution < -0.4 is 5.32 Å². The van der Waals surface area contributed by atoms with E-state index in [1.165, 1.54) is 17.7 Å². The number of aliphatic hydroxyl groups is 1. The topological polar surface area (TPSA) is 58.6 Å². The average molecular weight is 444 g/mol. The molecular weight excluding hydrogens is 405 g/mol. The van der Waals surface area contributed by atoms with Crippen LogP contribution in [0, 0.1) is 17.7 Å². The molecule has 0 saturated heterocycles. The Kier molecular flexibility index (Phi) is 9.70. The van der Waals surface area contributed by atoms with Crippen molar-refractivity contribution >= 4 is 11.8 Å². The molecule has 1 aliphatic carbocycles. The number of benzene rings is 1. The molecule has 176 valence electrons. The molecule has 2 N–H and O–H groups in total. The van der Waals surface area contributed by atoms with E-state index in [-0.39, 0.29) is 12.1 Å². The number of carbonyl (C=O) groups excluding carboxylic acids is 1. The molecule has 1 aromatic carbocycles. The zero-order chi connectivity index (χ0) is 23.7. The molecule has 3 atom stereocenters. The second-order valence-electron chi connectivity index (χ2n) is 9.52. The minimum atomic E-state index is -1.15. The summed E-state index contributed by atoms with van der Waals surface area (Å²) in [4.78, 5) is 12.5. The maximum Gasteiger partial charge on any atom is 0.412 e. The molecular formula is C27H38FNO3. The van der Waals surface area contributed by atoms with E-state index in [1.807, 2.05) is 19.1 Å². The van der Waals surface area contributed by atoms with Crippen molar-refractivity contribution in [3.8, 4) is 0 Å². The Bertz CT molecular complexity index is 854. The number of rotatable bonds is 3. The summed E-state index contributed by atoms with van der Waals surface area (Å²) < 4.78 is 19.5. The first kappa shape index (κ1) is 25.9. The zero-order valence-electron chi connectivity index (χ0n) is 20.0. The molecule has 0 fully saturated rings. The van der Waals surface area contributed by atoms with Gasteiger partial charge in [0.25, 0.3) is 0 Å². The molecule has 0 heterocycles. The summed E-state index contributed by atoms with van der Waals surface area (Å²) in [6, 6.07) is 5.95. The normalized spacial score (nSPS) is 29.8. The summed E-state index contributed by atoms with van der Waals surface area (Å²) in [5, 5.41) is 13.5. The number of para-hydroxylation sites is 1. The molecule has 1 aliphatic rings. The Hall–Kier alpha value is -2.40. The molecule has 0 aliphatic heterocycles. The third-order valence-corrected chi connectivity index (χ3v) is 5.92. The molecule has 0 spiro atoms. The van der Waals surface area contributed by atoms with E-state index in [0.717, 1.165) is 31.3 Å². The fourth-order valence-corrected chi connectivity index (χ4v) is 3.88. The van der Waals surface area contributed by atoms with Crippen LogP contribution in [-0.4, -0.2) is 22.9 Å². The van der Waals surface area contributed by atoms with Gasteiger partial charge in [-0.05, 0) is 76.5 Å². The monoisotopic (exact) mass is 443 g/mol.